The van der Waals surface area contributed by atoms with Crippen molar-refractivity contribution in [3.05, 3.63) is 59.4 Å². The molecule has 1 heterocycles. The van der Waals surface area contributed by atoms with Gasteiger partial charge >= 0.3 is 0 Å². The molecule has 2 nitrogen and oxygen atoms in total. The molecule has 0 aliphatic carbocycles. The summed E-state index contributed by atoms with van der Waals surface area (Å²) in [5.41, 5.74) is 2.24. The van der Waals surface area contributed by atoms with Crippen LogP contribution in [-0.4, -0.2) is 19.4 Å². The molecule has 110 valence electrons. The number of rotatable bonds is 5. The Labute approximate surface area is 128 Å². The van der Waals surface area contributed by atoms with E-state index in [2.05, 4.69) is 23.5 Å². The van der Waals surface area contributed by atoms with Crippen molar-refractivity contribution >= 4 is 11.8 Å². The third kappa shape index (κ3) is 3.22. The van der Waals surface area contributed by atoms with Crippen LogP contribution in [0.5, 0.6) is 5.75 Å². The third-order valence-electron chi connectivity index (χ3n) is 3.62. The van der Waals surface area contributed by atoms with Gasteiger partial charge < -0.3 is 10.1 Å². The SMILES string of the molecule is CNCc1ccc(OCC2CSc3ccccc32)c(F)c1. The van der Waals surface area contributed by atoms with E-state index in [0.717, 1.165) is 11.3 Å². The summed E-state index contributed by atoms with van der Waals surface area (Å²) in [6.45, 7) is 1.18. The molecule has 1 N–H and O–H groups in total. The van der Waals surface area contributed by atoms with Crippen molar-refractivity contribution in [1.29, 1.82) is 0 Å². The molecule has 3 rings (SSSR count). The lowest BCUT2D eigenvalue weighted by atomic mass is 10.0. The summed E-state index contributed by atoms with van der Waals surface area (Å²) in [5, 5.41) is 3.01. The smallest absolute Gasteiger partial charge is 0.165 e. The lowest BCUT2D eigenvalue weighted by molar-refractivity contribution is 0.283. The van der Waals surface area contributed by atoms with Gasteiger partial charge in [-0.2, -0.15) is 0 Å². The summed E-state index contributed by atoms with van der Waals surface area (Å²) in [5.74, 6) is 1.38. The van der Waals surface area contributed by atoms with Gasteiger partial charge in [-0.3, -0.25) is 0 Å². The Kier molecular flexibility index (Phi) is 4.46. The van der Waals surface area contributed by atoms with E-state index in [9.17, 15) is 4.39 Å². The molecule has 0 amide bonds. The number of benzene rings is 2. The Hall–Kier alpha value is -1.52. The minimum absolute atomic E-state index is 0.290. The quantitative estimate of drug-likeness (QED) is 0.907. The fourth-order valence-electron chi connectivity index (χ4n) is 2.53. The molecule has 1 aliphatic heterocycles. The summed E-state index contributed by atoms with van der Waals surface area (Å²) in [6, 6.07) is 13.5. The average Bonchev–Trinajstić information content (AvgIpc) is 2.90. The van der Waals surface area contributed by atoms with Crippen molar-refractivity contribution in [2.75, 3.05) is 19.4 Å². The summed E-state index contributed by atoms with van der Waals surface area (Å²) in [6.07, 6.45) is 0. The molecule has 0 saturated heterocycles. The molecular weight excluding hydrogens is 285 g/mol. The Bertz CT molecular complexity index is 632. The van der Waals surface area contributed by atoms with E-state index in [-0.39, 0.29) is 5.82 Å². The highest BCUT2D eigenvalue weighted by Gasteiger charge is 2.23. The standard InChI is InChI=1S/C17H18FNOS/c1-19-9-12-6-7-16(15(18)8-12)20-10-13-11-21-17-5-3-2-4-14(13)17/h2-8,13,19H,9-11H2,1H3. The van der Waals surface area contributed by atoms with Gasteiger partial charge in [-0.1, -0.05) is 24.3 Å². The van der Waals surface area contributed by atoms with Crippen LogP contribution in [-0.2, 0) is 6.54 Å². The van der Waals surface area contributed by atoms with Crippen LogP contribution in [0.25, 0.3) is 0 Å². The van der Waals surface area contributed by atoms with Gasteiger partial charge in [0.25, 0.3) is 0 Å². The van der Waals surface area contributed by atoms with Crippen molar-refractivity contribution in [2.24, 2.45) is 0 Å². The molecule has 0 fully saturated rings. The van der Waals surface area contributed by atoms with Crippen molar-refractivity contribution in [1.82, 2.24) is 5.32 Å². The number of thioether (sulfide) groups is 1. The molecular formula is C17H18FNOS. The molecule has 0 aromatic heterocycles. The van der Waals surface area contributed by atoms with E-state index in [1.807, 2.05) is 30.9 Å². The molecule has 1 unspecified atom stereocenters. The topological polar surface area (TPSA) is 21.3 Å². The summed E-state index contributed by atoms with van der Waals surface area (Å²) < 4.78 is 19.7. The minimum atomic E-state index is -0.290. The number of hydrogen-bond donors (Lipinski definition) is 1. The van der Waals surface area contributed by atoms with E-state index >= 15 is 0 Å². The van der Waals surface area contributed by atoms with Crippen LogP contribution in [0.4, 0.5) is 4.39 Å². The highest BCUT2D eigenvalue weighted by molar-refractivity contribution is 7.99. The van der Waals surface area contributed by atoms with Crippen LogP contribution in [0.3, 0.4) is 0 Å². The van der Waals surface area contributed by atoms with E-state index in [1.165, 1.54) is 16.5 Å². The van der Waals surface area contributed by atoms with Crippen LogP contribution in [0, 0.1) is 5.82 Å². The molecule has 2 aromatic rings. The molecule has 1 aliphatic rings. The number of halogens is 1. The van der Waals surface area contributed by atoms with Crippen LogP contribution in [0.15, 0.2) is 47.4 Å². The Morgan fingerprint density at radius 2 is 2.14 bits per heavy atom. The fourth-order valence-corrected chi connectivity index (χ4v) is 3.77. The van der Waals surface area contributed by atoms with Crippen LogP contribution in [0.1, 0.15) is 17.0 Å². The second kappa shape index (κ2) is 6.50. The first-order valence-corrected chi connectivity index (χ1v) is 8.04. The molecule has 1 atom stereocenters. The van der Waals surface area contributed by atoms with Gasteiger partial charge in [0.15, 0.2) is 11.6 Å². The molecule has 0 bridgehead atoms. The number of ether oxygens (including phenoxy) is 1. The molecule has 0 radical (unpaired) electrons. The maximum absolute atomic E-state index is 14.0. The van der Waals surface area contributed by atoms with Crippen molar-refractivity contribution in [3.63, 3.8) is 0 Å². The third-order valence-corrected chi connectivity index (χ3v) is 4.87. The van der Waals surface area contributed by atoms with Gasteiger partial charge in [-0.05, 0) is 36.4 Å². The predicted octanol–water partition coefficient (Wildman–Crippen LogP) is 3.81. The van der Waals surface area contributed by atoms with Gasteiger partial charge in [0.05, 0.1) is 6.61 Å². The molecule has 2 aromatic carbocycles. The Balaban J connectivity index is 1.66. The number of nitrogens with one attached hydrogen (secondary N) is 1. The highest BCUT2D eigenvalue weighted by atomic mass is 32.2. The van der Waals surface area contributed by atoms with Gasteiger partial charge in [-0.25, -0.2) is 4.39 Å². The number of fused-ring (bicyclic) bond motifs is 1. The molecule has 0 saturated carbocycles. The largest absolute Gasteiger partial charge is 0.490 e. The van der Waals surface area contributed by atoms with E-state index in [4.69, 9.17) is 4.74 Å². The second-order valence-electron chi connectivity index (χ2n) is 5.15. The summed E-state index contributed by atoms with van der Waals surface area (Å²) in [4.78, 5) is 1.32. The molecule has 0 spiro atoms. The van der Waals surface area contributed by atoms with E-state index in [0.29, 0.717) is 24.8 Å². The number of hydrogen-bond acceptors (Lipinski definition) is 3. The predicted molar refractivity (Wildman–Crippen MR) is 84.6 cm³/mol. The Morgan fingerprint density at radius 1 is 1.29 bits per heavy atom. The second-order valence-corrected chi connectivity index (χ2v) is 6.21. The van der Waals surface area contributed by atoms with Gasteiger partial charge in [0.1, 0.15) is 0 Å². The molecule has 21 heavy (non-hydrogen) atoms. The lowest BCUT2D eigenvalue weighted by Crippen LogP contribution is -2.11. The maximum Gasteiger partial charge on any atom is 0.165 e. The van der Waals surface area contributed by atoms with E-state index < -0.39 is 0 Å². The van der Waals surface area contributed by atoms with Gasteiger partial charge in [0.2, 0.25) is 0 Å². The summed E-state index contributed by atoms with van der Waals surface area (Å²) in [7, 11) is 1.84. The van der Waals surface area contributed by atoms with Crippen LogP contribution < -0.4 is 10.1 Å². The Morgan fingerprint density at radius 3 is 2.95 bits per heavy atom. The van der Waals surface area contributed by atoms with Gasteiger partial charge in [0, 0.05) is 23.1 Å². The van der Waals surface area contributed by atoms with Crippen molar-refractivity contribution in [3.8, 4) is 5.75 Å². The normalized spacial score (nSPS) is 16.8. The minimum Gasteiger partial charge on any atom is -0.490 e. The first-order chi connectivity index (χ1) is 10.3. The zero-order chi connectivity index (χ0) is 14.7. The monoisotopic (exact) mass is 303 g/mol. The first kappa shape index (κ1) is 14.4. The fraction of sp³-hybridized carbons (Fsp3) is 0.294. The van der Waals surface area contributed by atoms with Crippen molar-refractivity contribution in [2.45, 2.75) is 17.4 Å². The highest BCUT2D eigenvalue weighted by Crippen LogP contribution is 2.39. The van der Waals surface area contributed by atoms with E-state index in [1.54, 1.807) is 6.07 Å². The average molecular weight is 303 g/mol. The maximum atomic E-state index is 14.0. The van der Waals surface area contributed by atoms with Crippen LogP contribution in [0.2, 0.25) is 0 Å². The summed E-state index contributed by atoms with van der Waals surface area (Å²) >= 11 is 1.84. The van der Waals surface area contributed by atoms with Gasteiger partial charge in [-0.15, -0.1) is 11.8 Å². The molecule has 4 heteroatoms. The van der Waals surface area contributed by atoms with Crippen LogP contribution >= 0.6 is 11.8 Å². The lowest BCUT2D eigenvalue weighted by Gasteiger charge is -2.13. The zero-order valence-electron chi connectivity index (χ0n) is 11.9. The first-order valence-electron chi connectivity index (χ1n) is 7.05. The zero-order valence-corrected chi connectivity index (χ0v) is 12.8. The van der Waals surface area contributed by atoms with Crippen molar-refractivity contribution < 1.29 is 9.13 Å².